The van der Waals surface area contributed by atoms with E-state index in [-0.39, 0.29) is 0 Å². The highest BCUT2D eigenvalue weighted by Crippen LogP contribution is 2.27. The summed E-state index contributed by atoms with van der Waals surface area (Å²) < 4.78 is 11.1. The molecule has 6 heteroatoms. The number of nitrogens with zero attached hydrogens (tertiary/aromatic N) is 2. The highest BCUT2D eigenvalue weighted by molar-refractivity contribution is 7.98. The number of benzene rings is 1. The molecule has 0 atom stereocenters. The first-order valence-corrected chi connectivity index (χ1v) is 8.36. The fourth-order valence-electron chi connectivity index (χ4n) is 1.54. The molecular weight excluding hydrogens is 280 g/mol. The first kappa shape index (κ1) is 14.3. The van der Waals surface area contributed by atoms with Gasteiger partial charge in [-0.2, -0.15) is 11.8 Å². The number of aromatic nitrogens is 2. The summed E-state index contributed by atoms with van der Waals surface area (Å²) in [6.45, 7) is 2.65. The Morgan fingerprint density at radius 1 is 1.21 bits per heavy atom. The third-order valence-corrected chi connectivity index (χ3v) is 3.74. The van der Waals surface area contributed by atoms with E-state index < -0.39 is 0 Å². The molecule has 0 bridgehead atoms. The Morgan fingerprint density at radius 2 is 2.05 bits per heavy atom. The summed E-state index contributed by atoms with van der Waals surface area (Å²) in [6.07, 6.45) is 2.01. The molecule has 0 N–H and O–H groups in total. The Hall–Kier alpha value is -1.14. The molecule has 1 heterocycles. The number of hydrogen-bond acceptors (Lipinski definition) is 6. The smallest absolute Gasteiger partial charge is 0.276 e. The van der Waals surface area contributed by atoms with Crippen molar-refractivity contribution in [1.29, 1.82) is 0 Å². The van der Waals surface area contributed by atoms with Crippen molar-refractivity contribution in [1.82, 2.24) is 10.2 Å². The summed E-state index contributed by atoms with van der Waals surface area (Å²) >= 11 is 3.20. The predicted molar refractivity (Wildman–Crippen MR) is 78.7 cm³/mol. The van der Waals surface area contributed by atoms with E-state index in [9.17, 15) is 0 Å². The van der Waals surface area contributed by atoms with Gasteiger partial charge in [0.15, 0.2) is 0 Å². The first-order chi connectivity index (χ1) is 9.33. The summed E-state index contributed by atoms with van der Waals surface area (Å²) in [7, 11) is 0. The van der Waals surface area contributed by atoms with Gasteiger partial charge in [0.2, 0.25) is 5.89 Å². The molecule has 19 heavy (non-hydrogen) atoms. The molecule has 0 aliphatic heterocycles. The lowest BCUT2D eigenvalue weighted by molar-refractivity contribution is 0.337. The zero-order valence-corrected chi connectivity index (χ0v) is 12.6. The molecule has 0 aliphatic rings. The van der Waals surface area contributed by atoms with Gasteiger partial charge in [-0.25, -0.2) is 0 Å². The van der Waals surface area contributed by atoms with Crippen LogP contribution in [-0.2, 0) is 11.5 Å². The molecule has 0 fully saturated rings. The van der Waals surface area contributed by atoms with Crippen molar-refractivity contribution >= 4 is 23.5 Å². The van der Waals surface area contributed by atoms with Gasteiger partial charge in [-0.05, 0) is 19.2 Å². The van der Waals surface area contributed by atoms with Crippen LogP contribution in [0.4, 0.5) is 0 Å². The van der Waals surface area contributed by atoms with E-state index in [0.29, 0.717) is 17.7 Å². The maximum absolute atomic E-state index is 5.59. The van der Waals surface area contributed by atoms with Crippen molar-refractivity contribution in [3.8, 4) is 5.75 Å². The van der Waals surface area contributed by atoms with Crippen LogP contribution in [0, 0.1) is 0 Å². The molecule has 0 saturated carbocycles. The lowest BCUT2D eigenvalue weighted by atomic mass is 10.2. The molecular formula is C13H16N2O2S2. The molecule has 2 aromatic rings. The van der Waals surface area contributed by atoms with E-state index in [1.807, 2.05) is 31.4 Å². The van der Waals surface area contributed by atoms with Crippen LogP contribution in [0.2, 0.25) is 0 Å². The van der Waals surface area contributed by atoms with Crippen molar-refractivity contribution < 1.29 is 9.15 Å². The normalized spacial score (nSPS) is 10.6. The molecule has 0 amide bonds. The van der Waals surface area contributed by atoms with E-state index in [4.69, 9.17) is 9.15 Å². The van der Waals surface area contributed by atoms with Crippen molar-refractivity contribution in [2.45, 2.75) is 23.7 Å². The largest absolute Gasteiger partial charge is 0.494 e. The molecule has 0 spiro atoms. The van der Waals surface area contributed by atoms with Crippen molar-refractivity contribution in [2.24, 2.45) is 0 Å². The van der Waals surface area contributed by atoms with E-state index in [1.54, 1.807) is 11.8 Å². The minimum atomic E-state index is 0.607. The third kappa shape index (κ3) is 4.18. The second kappa shape index (κ2) is 7.45. The van der Waals surface area contributed by atoms with Crippen LogP contribution in [-0.4, -0.2) is 23.1 Å². The standard InChI is InChI=1S/C13H16N2O2S2/c1-3-16-11-7-5-4-6-10(11)8-19-13-15-14-12(17-13)9-18-2/h4-7H,3,8-9H2,1-2H3. The summed E-state index contributed by atoms with van der Waals surface area (Å²) in [4.78, 5) is 0. The van der Waals surface area contributed by atoms with E-state index in [1.165, 1.54) is 11.8 Å². The molecule has 0 radical (unpaired) electrons. The first-order valence-electron chi connectivity index (χ1n) is 5.98. The van der Waals surface area contributed by atoms with E-state index in [0.717, 1.165) is 22.8 Å². The zero-order chi connectivity index (χ0) is 13.5. The number of hydrogen-bond donors (Lipinski definition) is 0. The van der Waals surface area contributed by atoms with Crippen molar-refractivity contribution in [3.05, 3.63) is 35.7 Å². The number of thioether (sulfide) groups is 2. The number of ether oxygens (including phenoxy) is 1. The lowest BCUT2D eigenvalue weighted by Crippen LogP contribution is -1.95. The number of rotatable bonds is 7. The monoisotopic (exact) mass is 296 g/mol. The predicted octanol–water partition coefficient (Wildman–Crippen LogP) is 3.62. The molecule has 0 unspecified atom stereocenters. The average molecular weight is 296 g/mol. The maximum atomic E-state index is 5.59. The van der Waals surface area contributed by atoms with Crippen LogP contribution < -0.4 is 4.74 Å². The summed E-state index contributed by atoms with van der Waals surface area (Å²) in [5.41, 5.74) is 1.14. The van der Waals surface area contributed by atoms with E-state index >= 15 is 0 Å². The summed E-state index contributed by atoms with van der Waals surface area (Å²) in [5, 5.41) is 8.61. The van der Waals surface area contributed by atoms with Crippen LogP contribution in [0.1, 0.15) is 18.4 Å². The van der Waals surface area contributed by atoms with E-state index in [2.05, 4.69) is 16.3 Å². The molecule has 1 aromatic carbocycles. The van der Waals surface area contributed by atoms with Crippen LogP contribution in [0.5, 0.6) is 5.75 Å². The van der Waals surface area contributed by atoms with Crippen LogP contribution in [0.15, 0.2) is 33.9 Å². The van der Waals surface area contributed by atoms with Gasteiger partial charge in [0.1, 0.15) is 5.75 Å². The zero-order valence-electron chi connectivity index (χ0n) is 11.0. The van der Waals surface area contributed by atoms with Gasteiger partial charge in [0.25, 0.3) is 5.22 Å². The van der Waals surface area contributed by atoms with Gasteiger partial charge in [0, 0.05) is 11.3 Å². The Bertz CT molecular complexity index is 517. The topological polar surface area (TPSA) is 48.2 Å². The fraction of sp³-hybridized carbons (Fsp3) is 0.385. The molecule has 0 saturated heterocycles. The Kier molecular flexibility index (Phi) is 5.60. The fourth-order valence-corrected chi connectivity index (χ4v) is 2.67. The Labute approximate surface area is 121 Å². The second-order valence-corrected chi connectivity index (χ2v) is 5.52. The van der Waals surface area contributed by atoms with Crippen LogP contribution in [0.3, 0.4) is 0 Å². The van der Waals surface area contributed by atoms with Crippen molar-refractivity contribution in [3.63, 3.8) is 0 Å². The van der Waals surface area contributed by atoms with Gasteiger partial charge in [-0.15, -0.1) is 10.2 Å². The molecule has 1 aromatic heterocycles. The maximum Gasteiger partial charge on any atom is 0.276 e. The third-order valence-electron chi connectivity index (χ3n) is 2.34. The second-order valence-electron chi connectivity index (χ2n) is 3.72. The quantitative estimate of drug-likeness (QED) is 0.727. The molecule has 0 aliphatic carbocycles. The van der Waals surface area contributed by atoms with Gasteiger partial charge < -0.3 is 9.15 Å². The highest BCUT2D eigenvalue weighted by atomic mass is 32.2. The van der Waals surface area contributed by atoms with Crippen LogP contribution >= 0.6 is 23.5 Å². The van der Waals surface area contributed by atoms with Gasteiger partial charge in [0.05, 0.1) is 12.4 Å². The Balaban J connectivity index is 1.97. The van der Waals surface area contributed by atoms with Crippen LogP contribution in [0.25, 0.3) is 0 Å². The minimum absolute atomic E-state index is 0.607. The lowest BCUT2D eigenvalue weighted by Gasteiger charge is -2.08. The minimum Gasteiger partial charge on any atom is -0.494 e. The van der Waals surface area contributed by atoms with Crippen molar-refractivity contribution in [2.75, 3.05) is 12.9 Å². The van der Waals surface area contributed by atoms with Gasteiger partial charge >= 0.3 is 0 Å². The van der Waals surface area contributed by atoms with Gasteiger partial charge in [-0.3, -0.25) is 0 Å². The Morgan fingerprint density at radius 3 is 2.84 bits per heavy atom. The van der Waals surface area contributed by atoms with Gasteiger partial charge in [-0.1, -0.05) is 30.0 Å². The molecule has 102 valence electrons. The SMILES string of the molecule is CCOc1ccccc1CSc1nnc(CSC)o1. The molecule has 2 rings (SSSR count). The highest BCUT2D eigenvalue weighted by Gasteiger charge is 2.08. The summed E-state index contributed by atoms with van der Waals surface area (Å²) in [6, 6.07) is 8.01. The summed E-state index contributed by atoms with van der Waals surface area (Å²) in [5.74, 6) is 3.11. The number of para-hydroxylation sites is 1. The average Bonchev–Trinajstić information content (AvgIpc) is 2.86. The molecule has 4 nitrogen and oxygen atoms in total.